The maximum absolute atomic E-state index is 12.3. The Morgan fingerprint density at radius 3 is 2.60 bits per heavy atom. The molecule has 0 bridgehead atoms. The number of carboxylic acids is 1. The van der Waals surface area contributed by atoms with Gasteiger partial charge in [0.15, 0.2) is 0 Å². The van der Waals surface area contributed by atoms with Crippen LogP contribution in [-0.2, 0) is 0 Å². The van der Waals surface area contributed by atoms with E-state index in [4.69, 9.17) is 10.4 Å². The second kappa shape index (κ2) is 3.88. The molecule has 7 heteroatoms. The van der Waals surface area contributed by atoms with Crippen LogP contribution >= 0.6 is 0 Å². The maximum Gasteiger partial charge on any atom is 0.342 e. The molecule has 0 fully saturated rings. The van der Waals surface area contributed by atoms with E-state index in [1.54, 1.807) is 0 Å². The highest BCUT2D eigenvalue weighted by Crippen LogP contribution is 2.22. The zero-order valence-corrected chi connectivity index (χ0v) is 7.12. The van der Waals surface area contributed by atoms with Gasteiger partial charge < -0.3 is 10.1 Å². The lowest BCUT2D eigenvalue weighted by Crippen LogP contribution is -2.20. The van der Waals surface area contributed by atoms with Crippen molar-refractivity contribution in [2.75, 3.05) is 0 Å². The van der Waals surface area contributed by atoms with Gasteiger partial charge in [-0.1, -0.05) is 0 Å². The number of H-pyrrole nitrogens is 1. The number of hydrogen-bond donors (Lipinski definition) is 2. The van der Waals surface area contributed by atoms with Crippen molar-refractivity contribution < 1.29 is 18.7 Å². The number of nitrogens with one attached hydrogen (secondary N) is 1. The van der Waals surface area contributed by atoms with Crippen LogP contribution in [0.5, 0.6) is 0 Å². The second-order valence-corrected chi connectivity index (χ2v) is 2.54. The Morgan fingerprint density at radius 1 is 1.60 bits per heavy atom. The van der Waals surface area contributed by atoms with Gasteiger partial charge in [-0.2, -0.15) is 5.26 Å². The van der Waals surface area contributed by atoms with E-state index in [1.165, 1.54) is 6.07 Å². The smallest absolute Gasteiger partial charge is 0.342 e. The number of aromatic carboxylic acids is 1. The number of carbonyl (C=O) groups is 1. The molecule has 0 saturated heterocycles. The molecule has 1 aromatic heterocycles. The molecule has 15 heavy (non-hydrogen) atoms. The fraction of sp³-hybridized carbons (Fsp3) is 0.125. The van der Waals surface area contributed by atoms with Crippen molar-refractivity contribution in [2.45, 2.75) is 6.43 Å². The topological polar surface area (TPSA) is 94.0 Å². The van der Waals surface area contributed by atoms with E-state index in [0.29, 0.717) is 6.20 Å². The molecule has 0 aliphatic carbocycles. The molecule has 0 aliphatic heterocycles. The summed E-state index contributed by atoms with van der Waals surface area (Å²) < 4.78 is 24.6. The van der Waals surface area contributed by atoms with Crippen molar-refractivity contribution in [3.05, 3.63) is 33.2 Å². The zero-order valence-electron chi connectivity index (χ0n) is 7.12. The summed E-state index contributed by atoms with van der Waals surface area (Å²) in [7, 11) is 0. The highest BCUT2D eigenvalue weighted by molar-refractivity contribution is 5.90. The molecule has 1 rings (SSSR count). The molecule has 0 aliphatic rings. The summed E-state index contributed by atoms with van der Waals surface area (Å²) in [5.41, 5.74) is -3.64. The van der Waals surface area contributed by atoms with Crippen molar-refractivity contribution in [3.8, 4) is 6.07 Å². The third kappa shape index (κ3) is 1.83. The van der Waals surface area contributed by atoms with Crippen LogP contribution < -0.4 is 5.56 Å². The Kier molecular flexibility index (Phi) is 2.80. The van der Waals surface area contributed by atoms with Crippen molar-refractivity contribution in [3.63, 3.8) is 0 Å². The number of nitriles is 1. The second-order valence-electron chi connectivity index (χ2n) is 2.54. The summed E-state index contributed by atoms with van der Waals surface area (Å²) in [6, 6.07) is 1.29. The lowest BCUT2D eigenvalue weighted by atomic mass is 10.1. The standard InChI is InChI=1S/C8H4F2N2O3/c9-6(10)4-2-12-7(13)5(8(14)15)3(4)1-11/h2,6H,(H,12,13)(H,14,15). The van der Waals surface area contributed by atoms with Crippen molar-refractivity contribution in [1.82, 2.24) is 4.98 Å². The number of aromatic amines is 1. The lowest BCUT2D eigenvalue weighted by Gasteiger charge is -2.03. The Hall–Kier alpha value is -2.23. The fourth-order valence-electron chi connectivity index (χ4n) is 1.04. The Balaban J connectivity index is 3.64. The minimum absolute atomic E-state index is 0.637. The van der Waals surface area contributed by atoms with Crippen LogP contribution in [0.25, 0.3) is 0 Å². The first-order chi connectivity index (χ1) is 6.99. The number of aromatic nitrogens is 1. The average molecular weight is 214 g/mol. The molecule has 2 N–H and O–H groups in total. The van der Waals surface area contributed by atoms with E-state index in [2.05, 4.69) is 0 Å². The van der Waals surface area contributed by atoms with Gasteiger partial charge in [-0.15, -0.1) is 0 Å². The Bertz CT molecular complexity index is 502. The first-order valence-electron chi connectivity index (χ1n) is 3.66. The van der Waals surface area contributed by atoms with E-state index in [9.17, 15) is 18.4 Å². The van der Waals surface area contributed by atoms with Gasteiger partial charge in [-0.3, -0.25) is 4.79 Å². The predicted molar refractivity (Wildman–Crippen MR) is 43.7 cm³/mol. The molecule has 0 saturated carbocycles. The number of rotatable bonds is 2. The summed E-state index contributed by atoms with van der Waals surface area (Å²) in [6.45, 7) is 0. The third-order valence-corrected chi connectivity index (χ3v) is 1.69. The highest BCUT2D eigenvalue weighted by Gasteiger charge is 2.22. The van der Waals surface area contributed by atoms with Crippen molar-refractivity contribution >= 4 is 5.97 Å². The molecule has 1 aromatic rings. The van der Waals surface area contributed by atoms with Crippen molar-refractivity contribution in [1.29, 1.82) is 5.26 Å². The number of halogens is 2. The monoisotopic (exact) mass is 214 g/mol. The van der Waals surface area contributed by atoms with Gasteiger partial charge in [0.25, 0.3) is 12.0 Å². The van der Waals surface area contributed by atoms with Crippen LogP contribution in [0.3, 0.4) is 0 Å². The number of pyridine rings is 1. The summed E-state index contributed by atoms with van der Waals surface area (Å²) in [5, 5.41) is 17.1. The molecule has 0 amide bonds. The number of alkyl halides is 2. The van der Waals surface area contributed by atoms with Gasteiger partial charge >= 0.3 is 5.97 Å². The minimum atomic E-state index is -3.02. The van der Waals surface area contributed by atoms with Crippen LogP contribution in [0.15, 0.2) is 11.0 Å². The van der Waals surface area contributed by atoms with E-state index in [1.807, 2.05) is 4.98 Å². The van der Waals surface area contributed by atoms with Crippen LogP contribution in [0, 0.1) is 11.3 Å². The summed E-state index contributed by atoms with van der Waals surface area (Å²) in [5.74, 6) is -1.71. The van der Waals surface area contributed by atoms with E-state index >= 15 is 0 Å². The van der Waals surface area contributed by atoms with Gasteiger partial charge in [-0.05, 0) is 0 Å². The Morgan fingerprint density at radius 2 is 2.20 bits per heavy atom. The molecule has 0 spiro atoms. The number of nitrogens with zero attached hydrogens (tertiary/aromatic N) is 1. The van der Waals surface area contributed by atoms with Crippen LogP contribution in [0.1, 0.15) is 27.9 Å². The lowest BCUT2D eigenvalue weighted by molar-refractivity contribution is 0.0694. The van der Waals surface area contributed by atoms with E-state index < -0.39 is 34.6 Å². The zero-order chi connectivity index (χ0) is 11.6. The Labute approximate surface area is 81.6 Å². The first-order valence-corrected chi connectivity index (χ1v) is 3.66. The first kappa shape index (κ1) is 10.8. The van der Waals surface area contributed by atoms with Gasteiger partial charge in [0, 0.05) is 6.20 Å². The third-order valence-electron chi connectivity index (χ3n) is 1.69. The SMILES string of the molecule is N#Cc1c(C(F)F)c[nH]c(=O)c1C(=O)O. The van der Waals surface area contributed by atoms with Crippen molar-refractivity contribution in [2.24, 2.45) is 0 Å². The average Bonchev–Trinajstić information content (AvgIpc) is 2.15. The van der Waals surface area contributed by atoms with Gasteiger partial charge in [0.2, 0.25) is 0 Å². The molecule has 0 atom stereocenters. The molecule has 0 aromatic carbocycles. The van der Waals surface area contributed by atoms with E-state index in [-0.39, 0.29) is 0 Å². The number of carboxylic acid groups (broad SMARTS) is 1. The number of hydrogen-bond acceptors (Lipinski definition) is 3. The van der Waals surface area contributed by atoms with Crippen LogP contribution in [-0.4, -0.2) is 16.1 Å². The largest absolute Gasteiger partial charge is 0.477 e. The normalized spacial score (nSPS) is 10.0. The maximum atomic E-state index is 12.3. The summed E-state index contributed by atoms with van der Waals surface area (Å²) in [4.78, 5) is 23.4. The molecular formula is C8H4F2N2O3. The molecular weight excluding hydrogens is 210 g/mol. The predicted octanol–water partition coefficient (Wildman–Crippen LogP) is 0.882. The molecule has 1 heterocycles. The van der Waals surface area contributed by atoms with Crippen LogP contribution in [0.4, 0.5) is 8.78 Å². The minimum Gasteiger partial charge on any atom is -0.477 e. The quantitative estimate of drug-likeness (QED) is 0.764. The van der Waals surface area contributed by atoms with Gasteiger partial charge in [0.05, 0.1) is 11.1 Å². The molecule has 0 radical (unpaired) electrons. The van der Waals surface area contributed by atoms with Gasteiger partial charge in [-0.25, -0.2) is 13.6 Å². The van der Waals surface area contributed by atoms with Crippen LogP contribution in [0.2, 0.25) is 0 Å². The molecule has 5 nitrogen and oxygen atoms in total. The highest BCUT2D eigenvalue weighted by atomic mass is 19.3. The van der Waals surface area contributed by atoms with Gasteiger partial charge in [0.1, 0.15) is 11.6 Å². The molecule has 78 valence electrons. The fourth-order valence-corrected chi connectivity index (χ4v) is 1.04. The summed E-state index contributed by atoms with van der Waals surface area (Å²) in [6.07, 6.45) is -2.38. The molecule has 0 unspecified atom stereocenters. The van der Waals surface area contributed by atoms with E-state index in [0.717, 1.165) is 0 Å². The summed E-state index contributed by atoms with van der Waals surface area (Å²) >= 11 is 0.